The predicted molar refractivity (Wildman–Crippen MR) is 54.4 cm³/mol. The average molecular weight is 294 g/mol. The van der Waals surface area contributed by atoms with Gasteiger partial charge in [-0.15, -0.1) is 3.63 Å². The summed E-state index contributed by atoms with van der Waals surface area (Å²) in [5.41, 5.74) is 0. The Balaban J connectivity index is 0.000000302. The van der Waals surface area contributed by atoms with E-state index < -0.39 is 26.6 Å². The fourth-order valence-electron chi connectivity index (χ4n) is 1.23. The minimum atomic E-state index is -5.12. The van der Waals surface area contributed by atoms with E-state index in [1.54, 1.807) is 0 Å². The Labute approximate surface area is 98.9 Å². The number of aliphatic hydroxyl groups is 2. The molecule has 104 valence electrons. The minimum Gasteiger partial charge on any atom is -0.366 e. The van der Waals surface area contributed by atoms with E-state index in [1.807, 2.05) is 0 Å². The summed E-state index contributed by atoms with van der Waals surface area (Å²) in [6.07, 6.45) is 4.21. The molecule has 0 bridgehead atoms. The molecular weight excluding hydrogens is 280 g/mol. The highest BCUT2D eigenvalue weighted by molar-refractivity contribution is 7.94. The van der Waals surface area contributed by atoms with Crippen LogP contribution in [0.2, 0.25) is 0 Å². The van der Waals surface area contributed by atoms with E-state index in [1.165, 1.54) is 0 Å². The van der Waals surface area contributed by atoms with Crippen LogP contribution >= 0.6 is 0 Å². The second-order valence-electron chi connectivity index (χ2n) is 3.47. The van der Waals surface area contributed by atoms with Crippen LogP contribution in [0.4, 0.5) is 0 Å². The van der Waals surface area contributed by atoms with Gasteiger partial charge in [0.2, 0.25) is 0 Å². The molecule has 0 unspecified atom stereocenters. The van der Waals surface area contributed by atoms with E-state index in [0.717, 1.165) is 19.3 Å². The van der Waals surface area contributed by atoms with Crippen LogP contribution in [0.25, 0.3) is 0 Å². The summed E-state index contributed by atoms with van der Waals surface area (Å²) in [7, 11) is -10.2. The van der Waals surface area contributed by atoms with Gasteiger partial charge in [0.25, 0.3) is 0 Å². The van der Waals surface area contributed by atoms with Crippen molar-refractivity contribution < 1.29 is 39.8 Å². The monoisotopic (exact) mass is 294 g/mol. The van der Waals surface area contributed by atoms with Gasteiger partial charge >= 0.3 is 20.8 Å². The molecule has 1 aliphatic carbocycles. The van der Waals surface area contributed by atoms with E-state index in [0.29, 0.717) is 12.8 Å². The molecule has 9 nitrogen and oxygen atoms in total. The highest BCUT2D eigenvalue weighted by Gasteiger charge is 2.24. The molecule has 1 saturated carbocycles. The summed E-state index contributed by atoms with van der Waals surface area (Å²) in [5, 5.41) is 17.9. The average Bonchev–Trinajstić information content (AvgIpc) is 1.96. The summed E-state index contributed by atoms with van der Waals surface area (Å²) in [5.74, 6) is -1.32. The molecule has 11 heteroatoms. The first-order valence-corrected chi connectivity index (χ1v) is 7.25. The quantitative estimate of drug-likeness (QED) is 0.379. The molecule has 4 N–H and O–H groups in total. The molecule has 1 rings (SSSR count). The Kier molecular flexibility index (Phi) is 5.93. The van der Waals surface area contributed by atoms with Gasteiger partial charge in [0, 0.05) is 12.8 Å². The lowest BCUT2D eigenvalue weighted by Gasteiger charge is -2.25. The van der Waals surface area contributed by atoms with E-state index >= 15 is 0 Å². The predicted octanol–water partition coefficient (Wildman–Crippen LogP) is -0.760. The van der Waals surface area contributed by atoms with Gasteiger partial charge in [-0.05, 0) is 12.8 Å². The molecule has 0 aromatic heterocycles. The second-order valence-corrected chi connectivity index (χ2v) is 5.72. The van der Waals surface area contributed by atoms with E-state index in [2.05, 4.69) is 3.63 Å². The summed E-state index contributed by atoms with van der Waals surface area (Å²) in [4.78, 5) is 0. The Bertz CT molecular complexity index is 382. The Morgan fingerprint density at radius 3 is 1.29 bits per heavy atom. The summed E-state index contributed by atoms with van der Waals surface area (Å²) in [6, 6.07) is 0. The lowest BCUT2D eigenvalue weighted by molar-refractivity contribution is -0.180. The van der Waals surface area contributed by atoms with Crippen LogP contribution in [0.1, 0.15) is 32.1 Å². The molecule has 1 fully saturated rings. The van der Waals surface area contributed by atoms with Crippen molar-refractivity contribution in [3.63, 3.8) is 0 Å². The van der Waals surface area contributed by atoms with Crippen LogP contribution < -0.4 is 0 Å². The highest BCUT2D eigenvalue weighted by Crippen LogP contribution is 2.24. The third kappa shape index (κ3) is 12.0. The maximum atomic E-state index is 9.44. The molecule has 0 amide bonds. The third-order valence-corrected chi connectivity index (χ3v) is 3.20. The zero-order valence-corrected chi connectivity index (χ0v) is 10.3. The summed E-state index contributed by atoms with van der Waals surface area (Å²) >= 11 is 0. The first kappa shape index (κ1) is 16.7. The maximum absolute atomic E-state index is 9.44. The van der Waals surface area contributed by atoms with Crippen LogP contribution in [0.5, 0.6) is 0 Å². The number of rotatable bonds is 2. The van der Waals surface area contributed by atoms with Crippen molar-refractivity contribution in [2.24, 2.45) is 0 Å². The summed E-state index contributed by atoms with van der Waals surface area (Å²) < 4.78 is 55.6. The van der Waals surface area contributed by atoms with Crippen LogP contribution in [-0.4, -0.2) is 41.9 Å². The van der Waals surface area contributed by atoms with Crippen molar-refractivity contribution in [2.45, 2.75) is 37.9 Å². The van der Waals surface area contributed by atoms with Crippen molar-refractivity contribution in [3.8, 4) is 0 Å². The van der Waals surface area contributed by atoms with Crippen LogP contribution in [-0.2, 0) is 24.4 Å². The van der Waals surface area contributed by atoms with Gasteiger partial charge < -0.3 is 10.2 Å². The van der Waals surface area contributed by atoms with Gasteiger partial charge in [-0.25, -0.2) is 0 Å². The standard InChI is InChI=1S/C6H12O2.H2O7S2/c7-6(8)4-2-1-3-5-6;1-8(2,3)7-9(4,5)6/h7-8H,1-5H2;(H,1,2,3)(H,4,5,6). The highest BCUT2D eigenvalue weighted by atomic mass is 32.3. The molecule has 0 atom stereocenters. The fourth-order valence-corrected chi connectivity index (χ4v) is 2.10. The molecule has 0 aromatic rings. The summed E-state index contributed by atoms with van der Waals surface area (Å²) in [6.45, 7) is 0. The maximum Gasteiger partial charge on any atom is 0.413 e. The number of hydrogen-bond acceptors (Lipinski definition) is 7. The fraction of sp³-hybridized carbons (Fsp3) is 1.00. The van der Waals surface area contributed by atoms with Crippen molar-refractivity contribution >= 4 is 20.8 Å². The molecule has 0 aromatic carbocycles. The third-order valence-electron chi connectivity index (χ3n) is 1.83. The molecule has 0 aliphatic heterocycles. The van der Waals surface area contributed by atoms with E-state index in [4.69, 9.17) is 19.3 Å². The molecule has 17 heavy (non-hydrogen) atoms. The molecule has 0 spiro atoms. The van der Waals surface area contributed by atoms with Crippen molar-refractivity contribution in [2.75, 3.05) is 0 Å². The largest absolute Gasteiger partial charge is 0.413 e. The van der Waals surface area contributed by atoms with Crippen molar-refractivity contribution in [1.29, 1.82) is 0 Å². The van der Waals surface area contributed by atoms with Crippen LogP contribution in [0.15, 0.2) is 0 Å². The Morgan fingerprint density at radius 2 is 1.18 bits per heavy atom. The van der Waals surface area contributed by atoms with Gasteiger partial charge in [0.15, 0.2) is 5.79 Å². The van der Waals surface area contributed by atoms with Gasteiger partial charge in [-0.2, -0.15) is 16.8 Å². The SMILES string of the molecule is O=S(=O)(O)OS(=O)(=O)O.OC1(O)CCCCC1. The Morgan fingerprint density at radius 1 is 0.824 bits per heavy atom. The van der Waals surface area contributed by atoms with Gasteiger partial charge in [0.1, 0.15) is 0 Å². The zero-order chi connectivity index (χ0) is 13.7. The van der Waals surface area contributed by atoms with Gasteiger partial charge in [-0.1, -0.05) is 6.42 Å². The van der Waals surface area contributed by atoms with Crippen molar-refractivity contribution in [3.05, 3.63) is 0 Å². The minimum absolute atomic E-state index is 0.562. The molecule has 1 aliphatic rings. The number of hydrogen-bond donors (Lipinski definition) is 4. The van der Waals surface area contributed by atoms with Gasteiger partial charge in [-0.3, -0.25) is 9.11 Å². The molecule has 0 heterocycles. The van der Waals surface area contributed by atoms with Crippen molar-refractivity contribution in [1.82, 2.24) is 0 Å². The first-order chi connectivity index (χ1) is 7.41. The van der Waals surface area contributed by atoms with E-state index in [-0.39, 0.29) is 0 Å². The zero-order valence-electron chi connectivity index (χ0n) is 8.68. The molecule has 0 radical (unpaired) electrons. The smallest absolute Gasteiger partial charge is 0.366 e. The van der Waals surface area contributed by atoms with E-state index in [9.17, 15) is 16.8 Å². The normalized spacial score (nSPS) is 20.2. The van der Waals surface area contributed by atoms with Crippen LogP contribution in [0.3, 0.4) is 0 Å². The second kappa shape index (κ2) is 6.04. The van der Waals surface area contributed by atoms with Crippen LogP contribution in [0, 0.1) is 0 Å². The lowest BCUT2D eigenvalue weighted by Crippen LogP contribution is -2.30. The topological polar surface area (TPSA) is 158 Å². The Hall–Kier alpha value is -0.300. The lowest BCUT2D eigenvalue weighted by atomic mass is 9.95. The first-order valence-electron chi connectivity index (χ1n) is 4.52. The molecular formula is C6H14O9S2. The molecule has 0 saturated heterocycles. The van der Waals surface area contributed by atoms with Gasteiger partial charge in [0.05, 0.1) is 0 Å².